The van der Waals surface area contributed by atoms with Gasteiger partial charge in [-0.15, -0.1) is 0 Å². The molecule has 1 fully saturated rings. The second kappa shape index (κ2) is 6.71. The summed E-state index contributed by atoms with van der Waals surface area (Å²) >= 11 is 0. The van der Waals surface area contributed by atoms with Crippen molar-refractivity contribution >= 4 is 16.7 Å². The summed E-state index contributed by atoms with van der Waals surface area (Å²) in [4.78, 5) is 12.2. The molecule has 0 saturated carbocycles. The van der Waals surface area contributed by atoms with Gasteiger partial charge in [-0.3, -0.25) is 0 Å². The van der Waals surface area contributed by atoms with Crippen LogP contribution in [0.25, 0.3) is 22.3 Å². The molecule has 4 heteroatoms. The molecule has 2 aromatic carbocycles. The van der Waals surface area contributed by atoms with E-state index in [2.05, 4.69) is 30.0 Å². The predicted octanol–water partition coefficient (Wildman–Crippen LogP) is 4.60. The molecule has 2 heterocycles. The van der Waals surface area contributed by atoms with Gasteiger partial charge in [-0.25, -0.2) is 9.97 Å². The molecule has 4 rings (SSSR count). The van der Waals surface area contributed by atoms with Crippen LogP contribution < -0.4 is 9.64 Å². The monoisotopic (exact) mass is 333 g/mol. The fourth-order valence-electron chi connectivity index (χ4n) is 3.52. The van der Waals surface area contributed by atoms with Crippen LogP contribution in [-0.2, 0) is 0 Å². The molecule has 1 aromatic heterocycles. The normalized spacial score (nSPS) is 14.7. The van der Waals surface area contributed by atoms with E-state index in [1.807, 2.05) is 24.3 Å². The lowest BCUT2D eigenvalue weighted by molar-refractivity contribution is 0.416. The number of aromatic nitrogens is 2. The van der Waals surface area contributed by atoms with Crippen LogP contribution >= 0.6 is 0 Å². The van der Waals surface area contributed by atoms with Crippen LogP contribution in [0.5, 0.6) is 5.75 Å². The van der Waals surface area contributed by atoms with Gasteiger partial charge in [-0.1, -0.05) is 18.2 Å². The Bertz CT molecular complexity index is 901. The molecule has 1 aliphatic rings. The topological polar surface area (TPSA) is 38.2 Å². The molecule has 4 nitrogen and oxygen atoms in total. The minimum Gasteiger partial charge on any atom is -0.496 e. The zero-order valence-corrected chi connectivity index (χ0v) is 14.8. The van der Waals surface area contributed by atoms with Gasteiger partial charge in [-0.2, -0.15) is 0 Å². The molecule has 3 aromatic rings. The zero-order chi connectivity index (χ0) is 17.2. The number of nitrogens with zero attached hydrogens (tertiary/aromatic N) is 3. The first-order valence-electron chi connectivity index (χ1n) is 8.93. The maximum atomic E-state index is 5.53. The Balaban J connectivity index is 1.93. The molecule has 1 aliphatic heterocycles. The first-order valence-corrected chi connectivity index (χ1v) is 8.93. The number of methoxy groups -OCH3 is 1. The summed E-state index contributed by atoms with van der Waals surface area (Å²) in [6, 6.07) is 14.4. The summed E-state index contributed by atoms with van der Waals surface area (Å²) in [5, 5.41) is 1.13. The van der Waals surface area contributed by atoms with Gasteiger partial charge in [0.2, 0.25) is 0 Å². The van der Waals surface area contributed by atoms with Crippen LogP contribution in [0, 0.1) is 6.92 Å². The third-order valence-electron chi connectivity index (χ3n) is 4.84. The van der Waals surface area contributed by atoms with Crippen LogP contribution in [-0.4, -0.2) is 30.2 Å². The van der Waals surface area contributed by atoms with Crippen molar-refractivity contribution < 1.29 is 4.74 Å². The van der Waals surface area contributed by atoms with Crippen molar-refractivity contribution in [3.63, 3.8) is 0 Å². The molecule has 0 spiro atoms. The third-order valence-corrected chi connectivity index (χ3v) is 4.84. The summed E-state index contributed by atoms with van der Waals surface area (Å²) < 4.78 is 5.53. The van der Waals surface area contributed by atoms with Crippen molar-refractivity contribution in [1.29, 1.82) is 0 Å². The SMILES string of the molecule is COc1ccccc1-c1nc(N2CCCCC2)c2ccc(C)cc2n1. The van der Waals surface area contributed by atoms with E-state index in [1.165, 1.54) is 24.8 Å². The molecule has 0 amide bonds. The summed E-state index contributed by atoms with van der Waals surface area (Å²) in [5.74, 6) is 2.58. The quantitative estimate of drug-likeness (QED) is 0.702. The number of benzene rings is 2. The Labute approximate surface area is 148 Å². The highest BCUT2D eigenvalue weighted by Crippen LogP contribution is 2.33. The number of para-hydroxylation sites is 1. The molecular weight excluding hydrogens is 310 g/mol. The lowest BCUT2D eigenvalue weighted by atomic mass is 10.1. The molecule has 0 atom stereocenters. The second-order valence-electron chi connectivity index (χ2n) is 6.64. The number of anilines is 1. The summed E-state index contributed by atoms with van der Waals surface area (Å²) in [7, 11) is 1.69. The first-order chi connectivity index (χ1) is 12.3. The van der Waals surface area contributed by atoms with Crippen LogP contribution in [0.1, 0.15) is 24.8 Å². The van der Waals surface area contributed by atoms with Gasteiger partial charge in [0.05, 0.1) is 18.2 Å². The number of ether oxygens (including phenoxy) is 1. The van der Waals surface area contributed by atoms with E-state index in [9.17, 15) is 0 Å². The lowest BCUT2D eigenvalue weighted by Gasteiger charge is -2.29. The van der Waals surface area contributed by atoms with Crippen molar-refractivity contribution in [3.8, 4) is 17.1 Å². The van der Waals surface area contributed by atoms with E-state index in [1.54, 1.807) is 7.11 Å². The molecule has 0 unspecified atom stereocenters. The molecule has 25 heavy (non-hydrogen) atoms. The Morgan fingerprint density at radius 3 is 2.56 bits per heavy atom. The van der Waals surface area contributed by atoms with Crippen LogP contribution in [0.3, 0.4) is 0 Å². The maximum Gasteiger partial charge on any atom is 0.165 e. The maximum absolute atomic E-state index is 5.53. The lowest BCUT2D eigenvalue weighted by Crippen LogP contribution is -2.30. The standard InChI is InChI=1S/C21H23N3O/c1-15-10-11-16-18(14-15)22-20(17-8-4-5-9-19(17)25-2)23-21(16)24-12-6-3-7-13-24/h4-5,8-11,14H,3,6-7,12-13H2,1-2H3. The Morgan fingerprint density at radius 2 is 1.76 bits per heavy atom. The predicted molar refractivity (Wildman–Crippen MR) is 102 cm³/mol. The van der Waals surface area contributed by atoms with E-state index >= 15 is 0 Å². The Morgan fingerprint density at radius 1 is 0.960 bits per heavy atom. The van der Waals surface area contributed by atoms with Gasteiger partial charge in [0.1, 0.15) is 11.6 Å². The first kappa shape index (κ1) is 15.9. The molecule has 0 N–H and O–H groups in total. The van der Waals surface area contributed by atoms with Crippen molar-refractivity contribution in [2.45, 2.75) is 26.2 Å². The third kappa shape index (κ3) is 3.04. The highest BCUT2D eigenvalue weighted by molar-refractivity contribution is 5.92. The number of fused-ring (bicyclic) bond motifs is 1. The zero-order valence-electron chi connectivity index (χ0n) is 14.8. The molecule has 0 aliphatic carbocycles. The minimum absolute atomic E-state index is 0.733. The van der Waals surface area contributed by atoms with Gasteiger partial charge >= 0.3 is 0 Å². The van der Waals surface area contributed by atoms with Gasteiger partial charge in [0, 0.05) is 18.5 Å². The van der Waals surface area contributed by atoms with Crippen LogP contribution in [0.15, 0.2) is 42.5 Å². The van der Waals surface area contributed by atoms with E-state index in [-0.39, 0.29) is 0 Å². The van der Waals surface area contributed by atoms with Crippen molar-refractivity contribution in [2.75, 3.05) is 25.1 Å². The number of rotatable bonds is 3. The molecule has 0 radical (unpaired) electrons. The Kier molecular flexibility index (Phi) is 4.26. The van der Waals surface area contributed by atoms with Crippen LogP contribution in [0.2, 0.25) is 0 Å². The summed E-state index contributed by atoms with van der Waals surface area (Å²) in [5.41, 5.74) is 3.14. The van der Waals surface area contributed by atoms with Gasteiger partial charge in [-0.05, 0) is 56.0 Å². The number of hydrogen-bond acceptors (Lipinski definition) is 4. The summed E-state index contributed by atoms with van der Waals surface area (Å²) in [6.45, 7) is 4.22. The number of hydrogen-bond donors (Lipinski definition) is 0. The van der Waals surface area contributed by atoms with Crippen LogP contribution in [0.4, 0.5) is 5.82 Å². The highest BCUT2D eigenvalue weighted by atomic mass is 16.5. The second-order valence-corrected chi connectivity index (χ2v) is 6.64. The molecule has 0 bridgehead atoms. The Hall–Kier alpha value is -2.62. The largest absolute Gasteiger partial charge is 0.496 e. The minimum atomic E-state index is 0.733. The number of aryl methyl sites for hydroxylation is 1. The smallest absolute Gasteiger partial charge is 0.165 e. The molecular formula is C21H23N3O. The molecule has 1 saturated heterocycles. The van der Waals surface area contributed by atoms with Gasteiger partial charge < -0.3 is 9.64 Å². The molecule has 128 valence electrons. The average molecular weight is 333 g/mol. The summed E-state index contributed by atoms with van der Waals surface area (Å²) in [6.07, 6.45) is 3.75. The fourth-order valence-corrected chi connectivity index (χ4v) is 3.52. The van der Waals surface area contributed by atoms with Crippen molar-refractivity contribution in [3.05, 3.63) is 48.0 Å². The highest BCUT2D eigenvalue weighted by Gasteiger charge is 2.19. The van der Waals surface area contributed by atoms with E-state index < -0.39 is 0 Å². The van der Waals surface area contributed by atoms with E-state index in [0.717, 1.165) is 46.9 Å². The van der Waals surface area contributed by atoms with Crippen molar-refractivity contribution in [2.24, 2.45) is 0 Å². The number of piperidine rings is 1. The van der Waals surface area contributed by atoms with E-state index in [0.29, 0.717) is 0 Å². The fraction of sp³-hybridized carbons (Fsp3) is 0.333. The average Bonchev–Trinajstić information content (AvgIpc) is 2.67. The van der Waals surface area contributed by atoms with Crippen molar-refractivity contribution in [1.82, 2.24) is 9.97 Å². The van der Waals surface area contributed by atoms with Gasteiger partial charge in [0.15, 0.2) is 5.82 Å². The van der Waals surface area contributed by atoms with E-state index in [4.69, 9.17) is 14.7 Å². The van der Waals surface area contributed by atoms with Gasteiger partial charge in [0.25, 0.3) is 0 Å².